The Morgan fingerprint density at radius 1 is 0.878 bits per heavy atom. The monoisotopic (exact) mass is 581 g/mol. The van der Waals surface area contributed by atoms with Crippen molar-refractivity contribution in [2.24, 2.45) is 0 Å². The second-order valence-corrected chi connectivity index (χ2v) is 11.9. The zero-order valence-corrected chi connectivity index (χ0v) is 24.0. The SMILES string of the molecule is COC(=O)CN(NCc1ccccc1)C(=O)C1(S(=O)(=O)c2ccc(OC)cc2)CCN(OCc2ccccc2)CC1. The Morgan fingerprint density at radius 2 is 1.46 bits per heavy atom. The van der Waals surface area contributed by atoms with Gasteiger partial charge in [-0.3, -0.25) is 19.4 Å². The van der Waals surface area contributed by atoms with Gasteiger partial charge in [-0.1, -0.05) is 60.7 Å². The molecule has 0 unspecified atom stereocenters. The summed E-state index contributed by atoms with van der Waals surface area (Å²) in [7, 11) is -1.52. The average molecular weight is 582 g/mol. The lowest BCUT2D eigenvalue weighted by Gasteiger charge is -2.41. The number of hydrogen-bond donors (Lipinski definition) is 1. The molecule has 1 heterocycles. The fraction of sp³-hybridized carbons (Fsp3) is 0.333. The van der Waals surface area contributed by atoms with E-state index in [2.05, 4.69) is 5.43 Å². The van der Waals surface area contributed by atoms with E-state index in [4.69, 9.17) is 14.3 Å². The van der Waals surface area contributed by atoms with Crippen molar-refractivity contribution in [3.63, 3.8) is 0 Å². The first-order valence-electron chi connectivity index (χ1n) is 13.3. The topological polar surface area (TPSA) is 114 Å². The van der Waals surface area contributed by atoms with Crippen molar-refractivity contribution in [1.29, 1.82) is 0 Å². The van der Waals surface area contributed by atoms with Crippen LogP contribution in [-0.4, -0.2) is 69.0 Å². The number of piperidine rings is 1. The van der Waals surface area contributed by atoms with Gasteiger partial charge in [0.05, 0.1) is 25.7 Å². The highest BCUT2D eigenvalue weighted by molar-refractivity contribution is 7.93. The highest BCUT2D eigenvalue weighted by Crippen LogP contribution is 2.38. The molecule has 10 nitrogen and oxygen atoms in total. The van der Waals surface area contributed by atoms with Gasteiger partial charge in [-0.25, -0.2) is 13.8 Å². The number of esters is 1. The number of amides is 1. The molecule has 0 radical (unpaired) electrons. The van der Waals surface area contributed by atoms with Gasteiger partial charge < -0.3 is 9.47 Å². The van der Waals surface area contributed by atoms with E-state index >= 15 is 0 Å². The molecule has 41 heavy (non-hydrogen) atoms. The quantitative estimate of drug-likeness (QED) is 0.255. The van der Waals surface area contributed by atoms with Gasteiger partial charge in [0.1, 0.15) is 12.3 Å². The number of nitrogens with zero attached hydrogens (tertiary/aromatic N) is 2. The van der Waals surface area contributed by atoms with E-state index in [1.165, 1.54) is 26.4 Å². The number of carbonyl (C=O) groups excluding carboxylic acids is 2. The van der Waals surface area contributed by atoms with Crippen LogP contribution in [0.3, 0.4) is 0 Å². The van der Waals surface area contributed by atoms with Crippen LogP contribution in [0.25, 0.3) is 0 Å². The van der Waals surface area contributed by atoms with E-state index < -0.39 is 33.0 Å². The van der Waals surface area contributed by atoms with Crippen molar-refractivity contribution in [1.82, 2.24) is 15.5 Å². The smallest absolute Gasteiger partial charge is 0.327 e. The Bertz CT molecular complexity index is 1390. The van der Waals surface area contributed by atoms with Crippen molar-refractivity contribution < 1.29 is 32.3 Å². The van der Waals surface area contributed by atoms with E-state index in [1.807, 2.05) is 60.7 Å². The number of hydrogen-bond acceptors (Lipinski definition) is 9. The first-order chi connectivity index (χ1) is 19.8. The Balaban J connectivity index is 1.63. The van der Waals surface area contributed by atoms with Crippen molar-refractivity contribution in [2.75, 3.05) is 33.9 Å². The third kappa shape index (κ3) is 7.12. The van der Waals surface area contributed by atoms with Crippen molar-refractivity contribution in [3.05, 3.63) is 96.1 Å². The number of nitrogens with one attached hydrogen (secondary N) is 1. The lowest BCUT2D eigenvalue weighted by atomic mass is 9.95. The molecule has 1 saturated heterocycles. The fourth-order valence-electron chi connectivity index (χ4n) is 4.72. The van der Waals surface area contributed by atoms with Gasteiger partial charge >= 0.3 is 5.97 Å². The molecule has 1 aliphatic heterocycles. The number of methoxy groups -OCH3 is 2. The summed E-state index contributed by atoms with van der Waals surface area (Å²) in [5.41, 5.74) is 4.80. The van der Waals surface area contributed by atoms with Crippen LogP contribution < -0.4 is 10.2 Å². The fourth-order valence-corrected chi connectivity index (χ4v) is 6.72. The van der Waals surface area contributed by atoms with Crippen LogP contribution in [0, 0.1) is 0 Å². The van der Waals surface area contributed by atoms with Gasteiger partial charge in [0.15, 0.2) is 14.6 Å². The Labute approximate surface area is 240 Å². The van der Waals surface area contributed by atoms with E-state index in [0.717, 1.165) is 16.1 Å². The van der Waals surface area contributed by atoms with Crippen LogP contribution in [0.2, 0.25) is 0 Å². The molecule has 11 heteroatoms. The summed E-state index contributed by atoms with van der Waals surface area (Å²) in [4.78, 5) is 32.6. The first kappa shape index (κ1) is 30.2. The van der Waals surface area contributed by atoms with Crippen molar-refractivity contribution in [2.45, 2.75) is 35.6 Å². The number of benzene rings is 3. The maximum Gasteiger partial charge on any atom is 0.327 e. The molecule has 0 aromatic heterocycles. The summed E-state index contributed by atoms with van der Waals surface area (Å²) in [5, 5.41) is 2.75. The standard InChI is InChI=1S/C30H35N3O7S/c1-38-26-13-15-27(16-14-26)41(36,37)30(17-19-32(20-18-30)40-23-25-11-7-4-8-12-25)29(35)33(22-28(34)39-2)31-21-24-9-5-3-6-10-24/h3-16,31H,17-23H2,1-2H3. The van der Waals surface area contributed by atoms with Gasteiger partial charge in [-0.05, 0) is 48.2 Å². The molecule has 3 aromatic rings. The summed E-state index contributed by atoms with van der Waals surface area (Å²) in [6.07, 6.45) is -0.0840. The lowest BCUT2D eigenvalue weighted by Crippen LogP contribution is -2.62. The van der Waals surface area contributed by atoms with E-state index in [1.54, 1.807) is 17.2 Å². The molecule has 1 amide bonds. The highest BCUT2D eigenvalue weighted by Gasteiger charge is 2.55. The average Bonchev–Trinajstić information content (AvgIpc) is 3.02. The maximum atomic E-state index is 14.3. The third-order valence-electron chi connectivity index (χ3n) is 7.14. The first-order valence-corrected chi connectivity index (χ1v) is 14.7. The molecule has 1 N–H and O–H groups in total. The Morgan fingerprint density at radius 3 is 2.02 bits per heavy atom. The second kappa shape index (κ2) is 13.7. The molecule has 0 spiro atoms. The molecule has 0 saturated carbocycles. The highest BCUT2D eigenvalue weighted by atomic mass is 32.2. The second-order valence-electron chi connectivity index (χ2n) is 9.65. The molecular formula is C30H35N3O7S. The Hall–Kier alpha value is -3.77. The minimum atomic E-state index is -4.23. The summed E-state index contributed by atoms with van der Waals surface area (Å²) in [6.45, 7) is 0.447. The van der Waals surface area contributed by atoms with Gasteiger partial charge in [0.2, 0.25) is 0 Å². The summed E-state index contributed by atoms with van der Waals surface area (Å²) >= 11 is 0. The molecular weight excluding hydrogens is 546 g/mol. The van der Waals surface area contributed by atoms with E-state index in [-0.39, 0.29) is 37.4 Å². The van der Waals surface area contributed by atoms with Crippen LogP contribution in [-0.2, 0) is 42.2 Å². The molecule has 1 fully saturated rings. The zero-order chi connectivity index (χ0) is 29.3. The molecule has 1 aliphatic rings. The number of hydroxylamine groups is 2. The molecule has 3 aromatic carbocycles. The van der Waals surface area contributed by atoms with Gasteiger partial charge in [0, 0.05) is 19.6 Å². The van der Waals surface area contributed by atoms with Crippen molar-refractivity contribution in [3.8, 4) is 5.75 Å². The predicted molar refractivity (Wildman–Crippen MR) is 152 cm³/mol. The van der Waals surface area contributed by atoms with Crippen molar-refractivity contribution >= 4 is 21.7 Å². The minimum Gasteiger partial charge on any atom is -0.497 e. The van der Waals surface area contributed by atoms with Crippen LogP contribution in [0.5, 0.6) is 5.75 Å². The van der Waals surface area contributed by atoms with E-state index in [9.17, 15) is 18.0 Å². The number of ether oxygens (including phenoxy) is 2. The molecule has 0 aliphatic carbocycles. The molecule has 0 atom stereocenters. The van der Waals surface area contributed by atoms with Crippen LogP contribution in [0.15, 0.2) is 89.8 Å². The summed E-state index contributed by atoms with van der Waals surface area (Å²) in [5.74, 6) is -0.915. The largest absolute Gasteiger partial charge is 0.497 e. The molecule has 4 rings (SSSR count). The minimum absolute atomic E-state index is 0.00798. The number of carbonyl (C=O) groups is 2. The molecule has 0 bridgehead atoms. The lowest BCUT2D eigenvalue weighted by molar-refractivity contribution is -0.185. The van der Waals surface area contributed by atoms with Gasteiger partial charge in [-0.2, -0.15) is 5.06 Å². The maximum absolute atomic E-state index is 14.3. The van der Waals surface area contributed by atoms with Gasteiger partial charge in [-0.15, -0.1) is 0 Å². The van der Waals surface area contributed by atoms with E-state index in [0.29, 0.717) is 12.4 Å². The summed E-state index contributed by atoms with van der Waals surface area (Å²) < 4.78 is 36.7. The third-order valence-corrected chi connectivity index (χ3v) is 9.64. The number of rotatable bonds is 12. The molecule has 218 valence electrons. The zero-order valence-electron chi connectivity index (χ0n) is 23.2. The normalized spacial score (nSPS) is 15.2. The number of hydrazine groups is 1. The van der Waals surface area contributed by atoms with Crippen LogP contribution >= 0.6 is 0 Å². The van der Waals surface area contributed by atoms with Crippen LogP contribution in [0.4, 0.5) is 0 Å². The number of sulfone groups is 1. The van der Waals surface area contributed by atoms with Gasteiger partial charge in [0.25, 0.3) is 5.91 Å². The van der Waals surface area contributed by atoms with Crippen LogP contribution in [0.1, 0.15) is 24.0 Å². The predicted octanol–water partition coefficient (Wildman–Crippen LogP) is 3.14. The summed E-state index contributed by atoms with van der Waals surface area (Å²) in [6, 6.07) is 24.9. The Kier molecular flexibility index (Phi) is 10.1.